The maximum absolute atomic E-state index is 12.9. The van der Waals surface area contributed by atoms with Crippen LogP contribution in [-0.4, -0.2) is 48.6 Å². The van der Waals surface area contributed by atoms with Crippen molar-refractivity contribution in [3.63, 3.8) is 0 Å². The lowest BCUT2D eigenvalue weighted by atomic mass is 10.1. The molecule has 0 saturated carbocycles. The molecule has 0 atom stereocenters. The quantitative estimate of drug-likeness (QED) is 0.787. The number of benzene rings is 2. The van der Waals surface area contributed by atoms with Crippen LogP contribution in [0.1, 0.15) is 11.1 Å². The van der Waals surface area contributed by atoms with E-state index >= 15 is 0 Å². The van der Waals surface area contributed by atoms with Crippen LogP contribution in [0.3, 0.4) is 0 Å². The summed E-state index contributed by atoms with van der Waals surface area (Å²) in [5, 5.41) is 2.54. The number of rotatable bonds is 4. The van der Waals surface area contributed by atoms with Gasteiger partial charge < -0.3 is 10.2 Å². The Hall–Kier alpha value is -2.61. The number of alkyl halides is 3. The van der Waals surface area contributed by atoms with Crippen molar-refractivity contribution in [1.82, 2.24) is 9.80 Å². The minimum absolute atomic E-state index is 0.124. The monoisotopic (exact) mass is 395 g/mol. The third kappa shape index (κ3) is 5.45. The lowest BCUT2D eigenvalue weighted by molar-refractivity contribution is -0.137. The van der Waals surface area contributed by atoms with E-state index in [1.54, 1.807) is 17.0 Å². The minimum Gasteiger partial charge on any atom is -0.322 e. The van der Waals surface area contributed by atoms with Crippen LogP contribution in [0.25, 0.3) is 0 Å². The van der Waals surface area contributed by atoms with Crippen LogP contribution in [0.4, 0.5) is 28.0 Å². The Morgan fingerprint density at radius 1 is 1.00 bits per heavy atom. The second-order valence-corrected chi connectivity index (χ2v) is 6.71. The fraction of sp³-hybridized carbons (Fsp3) is 0.350. The molecule has 0 radical (unpaired) electrons. The Bertz CT molecular complexity index is 800. The number of carbonyl (C=O) groups is 1. The van der Waals surface area contributed by atoms with Gasteiger partial charge in [-0.05, 0) is 42.3 Å². The second-order valence-electron chi connectivity index (χ2n) is 6.71. The molecule has 3 rings (SSSR count). The molecule has 2 aromatic carbocycles. The first-order chi connectivity index (χ1) is 13.3. The molecule has 1 aliphatic rings. The molecule has 0 bridgehead atoms. The normalized spacial score (nSPS) is 15.5. The maximum atomic E-state index is 12.9. The first-order valence-electron chi connectivity index (χ1n) is 9.01. The first-order valence-corrected chi connectivity index (χ1v) is 9.01. The molecule has 1 heterocycles. The van der Waals surface area contributed by atoms with Crippen LogP contribution in [0.15, 0.2) is 48.5 Å². The Kier molecular flexibility index (Phi) is 6.18. The topological polar surface area (TPSA) is 35.6 Å². The summed E-state index contributed by atoms with van der Waals surface area (Å²) in [6.07, 6.45) is -3.66. The number of urea groups is 1. The number of amides is 2. The summed E-state index contributed by atoms with van der Waals surface area (Å²) in [5.41, 5.74) is 0.376. The summed E-state index contributed by atoms with van der Waals surface area (Å²) in [6, 6.07) is 10.6. The lowest BCUT2D eigenvalue weighted by Crippen LogP contribution is -2.50. The van der Waals surface area contributed by atoms with Gasteiger partial charge in [0.05, 0.1) is 5.56 Å². The van der Waals surface area contributed by atoms with Gasteiger partial charge in [-0.15, -0.1) is 0 Å². The van der Waals surface area contributed by atoms with Gasteiger partial charge in [-0.2, -0.15) is 13.2 Å². The SMILES string of the molecule is O=C(Nc1cccc(C(F)(F)F)c1)N1CCN(CCc2ccc(F)cc2)CC1. The average Bonchev–Trinajstić information content (AvgIpc) is 2.67. The molecule has 28 heavy (non-hydrogen) atoms. The highest BCUT2D eigenvalue weighted by molar-refractivity contribution is 5.89. The molecule has 8 heteroatoms. The number of carbonyl (C=O) groups excluding carboxylic acids is 1. The molecule has 1 saturated heterocycles. The van der Waals surface area contributed by atoms with Crippen molar-refractivity contribution in [3.05, 3.63) is 65.5 Å². The Balaban J connectivity index is 1.46. The van der Waals surface area contributed by atoms with Gasteiger partial charge in [-0.25, -0.2) is 9.18 Å². The highest BCUT2D eigenvalue weighted by Gasteiger charge is 2.30. The van der Waals surface area contributed by atoms with Gasteiger partial charge in [-0.1, -0.05) is 18.2 Å². The van der Waals surface area contributed by atoms with Crippen LogP contribution in [0.2, 0.25) is 0 Å². The molecule has 0 spiro atoms. The Labute approximate surface area is 160 Å². The zero-order chi connectivity index (χ0) is 20.1. The third-order valence-electron chi connectivity index (χ3n) is 4.73. The number of halogens is 4. The van der Waals surface area contributed by atoms with Gasteiger partial charge in [0, 0.05) is 38.4 Å². The number of nitrogens with zero attached hydrogens (tertiary/aromatic N) is 2. The van der Waals surface area contributed by atoms with E-state index in [1.807, 2.05) is 0 Å². The molecular weight excluding hydrogens is 374 g/mol. The first kappa shape index (κ1) is 20.1. The van der Waals surface area contributed by atoms with Crippen molar-refractivity contribution in [2.24, 2.45) is 0 Å². The van der Waals surface area contributed by atoms with Crippen LogP contribution in [-0.2, 0) is 12.6 Å². The van der Waals surface area contributed by atoms with Crippen molar-refractivity contribution < 1.29 is 22.4 Å². The molecule has 0 aliphatic carbocycles. The van der Waals surface area contributed by atoms with E-state index in [4.69, 9.17) is 0 Å². The van der Waals surface area contributed by atoms with Gasteiger partial charge in [0.25, 0.3) is 0 Å². The van der Waals surface area contributed by atoms with E-state index in [-0.39, 0.29) is 11.5 Å². The van der Waals surface area contributed by atoms with Crippen LogP contribution >= 0.6 is 0 Å². The van der Waals surface area contributed by atoms with Crippen LogP contribution in [0, 0.1) is 5.82 Å². The van der Waals surface area contributed by atoms with E-state index < -0.39 is 17.8 Å². The number of hydrogen-bond acceptors (Lipinski definition) is 2. The summed E-state index contributed by atoms with van der Waals surface area (Å²) < 4.78 is 51.2. The third-order valence-corrected chi connectivity index (χ3v) is 4.73. The molecule has 2 aromatic rings. The van der Waals surface area contributed by atoms with Crippen molar-refractivity contribution >= 4 is 11.7 Å². The van der Waals surface area contributed by atoms with E-state index in [2.05, 4.69) is 10.2 Å². The molecule has 0 aromatic heterocycles. The van der Waals surface area contributed by atoms with E-state index in [9.17, 15) is 22.4 Å². The fourth-order valence-corrected chi connectivity index (χ4v) is 3.09. The molecule has 1 fully saturated rings. The second kappa shape index (κ2) is 8.60. The number of hydrogen-bond donors (Lipinski definition) is 1. The van der Waals surface area contributed by atoms with Crippen LogP contribution in [0.5, 0.6) is 0 Å². The molecule has 4 nitrogen and oxygen atoms in total. The zero-order valence-electron chi connectivity index (χ0n) is 15.2. The summed E-state index contributed by atoms with van der Waals surface area (Å²) in [7, 11) is 0. The van der Waals surface area contributed by atoms with Crippen molar-refractivity contribution in [3.8, 4) is 0 Å². The minimum atomic E-state index is -4.45. The van der Waals surface area contributed by atoms with Crippen molar-refractivity contribution in [1.29, 1.82) is 0 Å². The number of piperazine rings is 1. The van der Waals surface area contributed by atoms with E-state index in [0.717, 1.165) is 30.7 Å². The van der Waals surface area contributed by atoms with Gasteiger partial charge in [0.2, 0.25) is 0 Å². The molecular formula is C20H21F4N3O. The smallest absolute Gasteiger partial charge is 0.322 e. The summed E-state index contributed by atoms with van der Waals surface area (Å²) in [4.78, 5) is 16.1. The highest BCUT2D eigenvalue weighted by atomic mass is 19.4. The standard InChI is InChI=1S/C20H21F4N3O/c21-17-6-4-15(5-7-17)8-9-26-10-12-27(13-11-26)19(28)25-18-3-1-2-16(14-18)20(22,23)24/h1-7,14H,8-13H2,(H,25,28). The molecule has 0 unspecified atom stereocenters. The number of anilines is 1. The zero-order valence-corrected chi connectivity index (χ0v) is 15.2. The summed E-state index contributed by atoms with van der Waals surface area (Å²) in [6.45, 7) is 3.14. The predicted octanol–water partition coefficient (Wildman–Crippen LogP) is 4.24. The lowest BCUT2D eigenvalue weighted by Gasteiger charge is -2.34. The molecule has 150 valence electrons. The van der Waals surface area contributed by atoms with Crippen LogP contribution < -0.4 is 5.32 Å². The summed E-state index contributed by atoms with van der Waals surface area (Å²) >= 11 is 0. The largest absolute Gasteiger partial charge is 0.416 e. The van der Waals surface area contributed by atoms with E-state index in [0.29, 0.717) is 26.2 Å². The number of nitrogens with one attached hydrogen (secondary N) is 1. The fourth-order valence-electron chi connectivity index (χ4n) is 3.09. The molecule has 1 aliphatic heterocycles. The van der Waals surface area contributed by atoms with Gasteiger partial charge >= 0.3 is 12.2 Å². The van der Waals surface area contributed by atoms with Gasteiger partial charge in [0.1, 0.15) is 5.82 Å². The average molecular weight is 395 g/mol. The summed E-state index contributed by atoms with van der Waals surface area (Å²) in [5.74, 6) is -0.260. The predicted molar refractivity (Wildman–Crippen MR) is 98.6 cm³/mol. The Morgan fingerprint density at radius 2 is 1.68 bits per heavy atom. The highest BCUT2D eigenvalue weighted by Crippen LogP contribution is 2.30. The molecule has 2 amide bonds. The maximum Gasteiger partial charge on any atom is 0.416 e. The van der Waals surface area contributed by atoms with Gasteiger partial charge in [-0.3, -0.25) is 4.90 Å². The molecule has 1 N–H and O–H groups in total. The van der Waals surface area contributed by atoms with E-state index in [1.165, 1.54) is 24.3 Å². The van der Waals surface area contributed by atoms with Crippen molar-refractivity contribution in [2.45, 2.75) is 12.6 Å². The van der Waals surface area contributed by atoms with Gasteiger partial charge in [0.15, 0.2) is 0 Å². The van der Waals surface area contributed by atoms with Crippen molar-refractivity contribution in [2.75, 3.05) is 38.0 Å². The Morgan fingerprint density at radius 3 is 2.32 bits per heavy atom.